The van der Waals surface area contributed by atoms with E-state index in [0.717, 1.165) is 12.8 Å². The molecule has 0 rings (SSSR count). The molecule has 0 fully saturated rings. The van der Waals surface area contributed by atoms with Gasteiger partial charge in [0.25, 0.3) is 0 Å². The molecule has 3 unspecified atom stereocenters. The van der Waals surface area contributed by atoms with Crippen LogP contribution in [-0.2, 0) is 14.3 Å². The smallest absolute Gasteiger partial charge is 0.335 e. The number of aliphatic hydroxyl groups excluding tert-OH is 3. The first-order chi connectivity index (χ1) is 9.14. The van der Waals surface area contributed by atoms with Gasteiger partial charge >= 0.3 is 5.97 Å². The van der Waals surface area contributed by atoms with Crippen LogP contribution in [0, 0.1) is 5.92 Å². The first-order valence-corrected chi connectivity index (χ1v) is 6.70. The Morgan fingerprint density at radius 1 is 1.16 bits per heavy atom. The van der Waals surface area contributed by atoms with Crippen molar-refractivity contribution in [3.05, 3.63) is 0 Å². The zero-order valence-electron chi connectivity index (χ0n) is 11.7. The van der Waals surface area contributed by atoms with E-state index < -0.39 is 24.1 Å². The third-order valence-electron chi connectivity index (χ3n) is 3.02. The molecule has 0 spiro atoms. The second-order valence-corrected chi connectivity index (χ2v) is 4.48. The molecule has 0 saturated heterocycles. The third-order valence-corrected chi connectivity index (χ3v) is 3.02. The Balaban J connectivity index is 4.67. The minimum Gasteiger partial charge on any atom is -0.467 e. The quantitative estimate of drug-likeness (QED) is 0.463. The van der Waals surface area contributed by atoms with Crippen molar-refractivity contribution < 1.29 is 29.6 Å². The molecule has 0 amide bonds. The van der Waals surface area contributed by atoms with Crippen LogP contribution in [0.4, 0.5) is 0 Å². The summed E-state index contributed by atoms with van der Waals surface area (Å²) < 4.78 is 10.2. The lowest BCUT2D eigenvalue weighted by Crippen LogP contribution is -2.40. The summed E-state index contributed by atoms with van der Waals surface area (Å²) in [5.74, 6) is -1.13. The molecule has 6 nitrogen and oxygen atoms in total. The number of hydrogen-bond acceptors (Lipinski definition) is 6. The van der Waals surface area contributed by atoms with Gasteiger partial charge in [-0.3, -0.25) is 0 Å². The molecule has 0 aliphatic heterocycles. The van der Waals surface area contributed by atoms with Crippen molar-refractivity contribution in [2.24, 2.45) is 5.92 Å². The van der Waals surface area contributed by atoms with Crippen molar-refractivity contribution >= 4 is 5.97 Å². The predicted octanol–water partition coefficient (Wildman–Crippen LogP) is 0.0866. The van der Waals surface area contributed by atoms with Gasteiger partial charge in [-0.15, -0.1) is 0 Å². The number of carbonyl (C=O) groups excluding carboxylic acids is 1. The van der Waals surface area contributed by atoms with E-state index >= 15 is 0 Å². The first kappa shape index (κ1) is 18.3. The van der Waals surface area contributed by atoms with Gasteiger partial charge in [0.2, 0.25) is 0 Å². The van der Waals surface area contributed by atoms with Crippen molar-refractivity contribution in [1.82, 2.24) is 0 Å². The number of unbranched alkanes of at least 4 members (excludes halogenated alkanes) is 1. The molecule has 0 bridgehead atoms. The van der Waals surface area contributed by atoms with E-state index in [1.54, 1.807) is 0 Å². The van der Waals surface area contributed by atoms with E-state index in [2.05, 4.69) is 4.74 Å². The molecule has 3 N–H and O–H groups in total. The Kier molecular flexibility index (Phi) is 10.8. The third kappa shape index (κ3) is 6.87. The van der Waals surface area contributed by atoms with E-state index in [4.69, 9.17) is 9.84 Å². The minimum absolute atomic E-state index is 0.152. The first-order valence-electron chi connectivity index (χ1n) is 6.70. The summed E-state index contributed by atoms with van der Waals surface area (Å²) in [4.78, 5) is 11.7. The SMILES string of the molecule is CCCCC(CO)OC(C(=O)OC)C(CO)CCO. The van der Waals surface area contributed by atoms with Crippen LogP contribution in [0.15, 0.2) is 0 Å². The molecule has 0 aliphatic carbocycles. The van der Waals surface area contributed by atoms with E-state index in [1.807, 2.05) is 6.92 Å². The molecular formula is C13H26O6. The molecular weight excluding hydrogens is 252 g/mol. The zero-order valence-corrected chi connectivity index (χ0v) is 11.7. The molecule has 0 aliphatic rings. The van der Waals surface area contributed by atoms with Crippen LogP contribution in [0.3, 0.4) is 0 Å². The van der Waals surface area contributed by atoms with E-state index in [1.165, 1.54) is 7.11 Å². The molecule has 0 aromatic rings. The Morgan fingerprint density at radius 3 is 2.26 bits per heavy atom. The lowest BCUT2D eigenvalue weighted by molar-refractivity contribution is -0.167. The molecule has 0 saturated carbocycles. The second kappa shape index (κ2) is 11.2. The van der Waals surface area contributed by atoms with Crippen molar-refractivity contribution in [3.8, 4) is 0 Å². The number of ether oxygens (including phenoxy) is 2. The Labute approximate surface area is 114 Å². The van der Waals surface area contributed by atoms with Gasteiger partial charge in [0.15, 0.2) is 6.10 Å². The average Bonchev–Trinajstić information content (AvgIpc) is 2.45. The fraction of sp³-hybridized carbons (Fsp3) is 0.923. The number of methoxy groups -OCH3 is 1. The molecule has 114 valence electrons. The fourth-order valence-electron chi connectivity index (χ4n) is 1.82. The van der Waals surface area contributed by atoms with Crippen LogP contribution in [0.2, 0.25) is 0 Å². The average molecular weight is 278 g/mol. The van der Waals surface area contributed by atoms with Gasteiger partial charge < -0.3 is 24.8 Å². The molecule has 0 aromatic carbocycles. The summed E-state index contributed by atoms with van der Waals surface area (Å²) in [5.41, 5.74) is 0. The van der Waals surface area contributed by atoms with Crippen molar-refractivity contribution in [3.63, 3.8) is 0 Å². The molecule has 0 aromatic heterocycles. The highest BCUT2D eigenvalue weighted by molar-refractivity contribution is 5.75. The largest absolute Gasteiger partial charge is 0.467 e. The van der Waals surface area contributed by atoms with Gasteiger partial charge in [0.05, 0.1) is 19.8 Å². The summed E-state index contributed by atoms with van der Waals surface area (Å²) in [5, 5.41) is 27.5. The van der Waals surface area contributed by atoms with Crippen LogP contribution in [0.1, 0.15) is 32.6 Å². The molecule has 6 heteroatoms. The van der Waals surface area contributed by atoms with Crippen molar-refractivity contribution in [2.45, 2.75) is 44.8 Å². The van der Waals surface area contributed by atoms with Crippen LogP contribution in [0.5, 0.6) is 0 Å². The van der Waals surface area contributed by atoms with Crippen LogP contribution >= 0.6 is 0 Å². The van der Waals surface area contributed by atoms with Gasteiger partial charge in [-0.05, 0) is 12.8 Å². The molecule has 19 heavy (non-hydrogen) atoms. The van der Waals surface area contributed by atoms with E-state index in [9.17, 15) is 15.0 Å². The number of hydrogen-bond donors (Lipinski definition) is 3. The standard InChI is InChI=1S/C13H26O6/c1-3-4-5-11(9-16)19-12(13(17)18-2)10(8-15)6-7-14/h10-12,14-16H,3-9H2,1-2H3. The van der Waals surface area contributed by atoms with Gasteiger partial charge in [-0.2, -0.15) is 0 Å². The maximum Gasteiger partial charge on any atom is 0.335 e. The van der Waals surface area contributed by atoms with E-state index in [-0.39, 0.29) is 26.2 Å². The zero-order chi connectivity index (χ0) is 14.7. The maximum absolute atomic E-state index is 11.7. The minimum atomic E-state index is -0.962. The lowest BCUT2D eigenvalue weighted by Gasteiger charge is -2.27. The van der Waals surface area contributed by atoms with Crippen LogP contribution < -0.4 is 0 Å². The molecule has 0 heterocycles. The van der Waals surface area contributed by atoms with Gasteiger partial charge in [-0.1, -0.05) is 19.8 Å². The number of aliphatic hydroxyl groups is 3. The summed E-state index contributed by atoms with van der Waals surface area (Å²) in [6, 6.07) is 0. The highest BCUT2D eigenvalue weighted by Crippen LogP contribution is 2.17. The predicted molar refractivity (Wildman–Crippen MR) is 69.6 cm³/mol. The van der Waals surface area contributed by atoms with Crippen molar-refractivity contribution in [1.29, 1.82) is 0 Å². The highest BCUT2D eigenvalue weighted by Gasteiger charge is 2.31. The monoisotopic (exact) mass is 278 g/mol. The normalized spacial score (nSPS) is 15.8. The summed E-state index contributed by atoms with van der Waals surface area (Å²) in [6.45, 7) is 1.40. The molecule has 3 atom stereocenters. The Bertz CT molecular complexity index is 233. The van der Waals surface area contributed by atoms with Crippen molar-refractivity contribution in [2.75, 3.05) is 26.9 Å². The number of carbonyl (C=O) groups is 1. The topological polar surface area (TPSA) is 96.2 Å². The second-order valence-electron chi connectivity index (χ2n) is 4.48. The van der Waals surface area contributed by atoms with Gasteiger partial charge in [-0.25, -0.2) is 4.79 Å². The number of esters is 1. The molecule has 0 radical (unpaired) electrons. The van der Waals surface area contributed by atoms with Crippen LogP contribution in [-0.4, -0.2) is 60.4 Å². The Morgan fingerprint density at radius 2 is 1.84 bits per heavy atom. The Hall–Kier alpha value is -0.690. The summed E-state index contributed by atoms with van der Waals surface area (Å²) >= 11 is 0. The van der Waals surface area contributed by atoms with Gasteiger partial charge in [0, 0.05) is 19.1 Å². The highest BCUT2D eigenvalue weighted by atomic mass is 16.6. The summed E-state index contributed by atoms with van der Waals surface area (Å²) in [6.07, 6.45) is 1.29. The maximum atomic E-state index is 11.7. The van der Waals surface area contributed by atoms with E-state index in [0.29, 0.717) is 6.42 Å². The van der Waals surface area contributed by atoms with Crippen LogP contribution in [0.25, 0.3) is 0 Å². The summed E-state index contributed by atoms with van der Waals surface area (Å²) in [7, 11) is 1.24. The fourth-order valence-corrected chi connectivity index (χ4v) is 1.82. The number of rotatable bonds is 11. The lowest BCUT2D eigenvalue weighted by atomic mass is 9.99. The van der Waals surface area contributed by atoms with Gasteiger partial charge in [0.1, 0.15) is 0 Å².